The number of carbonyl (C=O) groups is 1. The Morgan fingerprint density at radius 3 is 2.55 bits per heavy atom. The Kier molecular flexibility index (Phi) is 10.5. The number of rotatable bonds is 13. The molecule has 2 bridgehead atoms. The monoisotopic (exact) mass is 743 g/mol. The first-order chi connectivity index (χ1) is 26.8. The number of carbonyl (C=O) groups excluding carboxylic acids is 1. The molecule has 3 saturated heterocycles. The first kappa shape index (κ1) is 36.3. The van der Waals surface area contributed by atoms with Crippen LogP contribution in [0.25, 0.3) is 33.1 Å². The minimum atomic E-state index is -0.857. The molecule has 5 N–H and O–H groups in total. The molecule has 3 aliphatic rings. The average molecular weight is 744 g/mol. The number of pyridine rings is 1. The number of ether oxygens (including phenoxy) is 1. The van der Waals surface area contributed by atoms with E-state index in [0.717, 1.165) is 60.2 Å². The molecule has 3 fully saturated rings. The highest BCUT2D eigenvalue weighted by Crippen LogP contribution is 2.33. The van der Waals surface area contributed by atoms with E-state index in [1.165, 1.54) is 12.1 Å². The van der Waals surface area contributed by atoms with Crippen LogP contribution in [0.1, 0.15) is 42.1 Å². The highest BCUT2D eigenvalue weighted by molar-refractivity contribution is 5.92. The van der Waals surface area contributed by atoms with E-state index < -0.39 is 18.0 Å². The van der Waals surface area contributed by atoms with Crippen LogP contribution in [-0.2, 0) is 24.1 Å². The van der Waals surface area contributed by atoms with E-state index in [0.29, 0.717) is 66.0 Å². The summed E-state index contributed by atoms with van der Waals surface area (Å²) in [6.45, 7) is 4.25. The molecule has 0 aliphatic carbocycles. The Balaban J connectivity index is 0.877. The summed E-state index contributed by atoms with van der Waals surface area (Å²) in [4.78, 5) is 42.8. The fourth-order valence-electron chi connectivity index (χ4n) is 8.09. The predicted molar refractivity (Wildman–Crippen MR) is 211 cm³/mol. The lowest BCUT2D eigenvalue weighted by Crippen LogP contribution is -2.52. The van der Waals surface area contributed by atoms with Crippen molar-refractivity contribution in [2.24, 2.45) is 5.92 Å². The summed E-state index contributed by atoms with van der Waals surface area (Å²) in [7, 11) is 0. The summed E-state index contributed by atoms with van der Waals surface area (Å²) in [6, 6.07) is 27.9. The number of nitrogens with one attached hydrogen (secondary N) is 3. The molecule has 55 heavy (non-hydrogen) atoms. The highest BCUT2D eigenvalue weighted by atomic mass is 16.6. The lowest BCUT2D eigenvalue weighted by Gasteiger charge is -2.43. The van der Waals surface area contributed by atoms with E-state index in [4.69, 9.17) is 9.15 Å². The molecule has 0 radical (unpaired) electrons. The standard InChI is InChI=1S/C43H45N5O7/c49-36-14-11-32(33-12-15-40(51)46-41(33)36)37(50)25-44-19-16-28-9-13-35-38(24-28)55-43(53)48(35)20-4-5-27-8-10-31(29-6-2-1-3-7-29)34(23-27)45-42(52)54-39-26-47-21-17-30(39)18-22-47/h1-3,6-15,23-24,30,37,39,44,49-50H,4-5,16-22,25-26H2,(H,45,52)(H,46,51)/t37?,39-/m0/s1. The van der Waals surface area contributed by atoms with Crippen molar-refractivity contribution in [1.82, 2.24) is 19.8 Å². The van der Waals surface area contributed by atoms with Gasteiger partial charge in [0.25, 0.3) is 0 Å². The van der Waals surface area contributed by atoms with E-state index >= 15 is 0 Å². The second-order valence-corrected chi connectivity index (χ2v) is 14.6. The smallest absolute Gasteiger partial charge is 0.419 e. The summed E-state index contributed by atoms with van der Waals surface area (Å²) in [5.41, 5.74) is 6.44. The van der Waals surface area contributed by atoms with Crippen LogP contribution >= 0.6 is 0 Å². The number of phenols is 1. The van der Waals surface area contributed by atoms with Crippen molar-refractivity contribution in [2.45, 2.75) is 50.9 Å². The van der Waals surface area contributed by atoms with Gasteiger partial charge in [-0.25, -0.2) is 9.59 Å². The molecule has 6 aromatic rings. The second kappa shape index (κ2) is 16.0. The van der Waals surface area contributed by atoms with Gasteiger partial charge in [0, 0.05) is 36.7 Å². The van der Waals surface area contributed by atoms with Gasteiger partial charge in [0.05, 0.1) is 22.8 Å². The molecular formula is C43H45N5O7. The topological polar surface area (TPSA) is 162 Å². The van der Waals surface area contributed by atoms with E-state index in [2.05, 4.69) is 26.6 Å². The molecule has 12 heteroatoms. The number of phenolic OH excluding ortho intramolecular Hbond substituents is 1. The number of oxazole rings is 1. The summed E-state index contributed by atoms with van der Waals surface area (Å²) in [5.74, 6) is -0.0430. The van der Waals surface area contributed by atoms with Crippen molar-refractivity contribution < 1.29 is 24.2 Å². The van der Waals surface area contributed by atoms with E-state index in [9.17, 15) is 24.6 Å². The summed E-state index contributed by atoms with van der Waals surface area (Å²) >= 11 is 0. The largest absolute Gasteiger partial charge is 0.506 e. The molecule has 3 aliphatic heterocycles. The van der Waals surface area contributed by atoms with Crippen LogP contribution in [0, 0.1) is 5.92 Å². The molecule has 4 aromatic carbocycles. The molecule has 2 atom stereocenters. The van der Waals surface area contributed by atoms with Gasteiger partial charge in [-0.15, -0.1) is 0 Å². The third kappa shape index (κ3) is 8.07. The number of nitrogens with zero attached hydrogens (tertiary/aromatic N) is 2. The third-order valence-corrected chi connectivity index (χ3v) is 11.0. The average Bonchev–Trinajstić information content (AvgIpc) is 3.51. The fraction of sp³-hybridized carbons (Fsp3) is 0.326. The van der Waals surface area contributed by atoms with E-state index in [-0.39, 0.29) is 24.0 Å². The van der Waals surface area contributed by atoms with Crippen LogP contribution in [0.5, 0.6) is 5.75 Å². The van der Waals surface area contributed by atoms with Crippen LogP contribution in [0.15, 0.2) is 105 Å². The molecule has 0 saturated carbocycles. The number of amides is 1. The van der Waals surface area contributed by atoms with Crippen molar-refractivity contribution in [2.75, 3.05) is 38.0 Å². The molecule has 12 nitrogen and oxygen atoms in total. The van der Waals surface area contributed by atoms with Gasteiger partial charge in [-0.1, -0.05) is 54.6 Å². The SMILES string of the molecule is O=C(Nc1cc(CCCn2c(=O)oc3cc(CCNCC(O)c4ccc(O)c5[nH]c(=O)ccc45)ccc32)ccc1-c1ccccc1)O[C@H]1CN2CCC1CC2. The molecule has 1 unspecified atom stereocenters. The summed E-state index contributed by atoms with van der Waals surface area (Å²) < 4.78 is 13.3. The Hall–Kier alpha value is -5.69. The zero-order chi connectivity index (χ0) is 37.9. The number of fused-ring (bicyclic) bond motifs is 5. The number of aliphatic hydroxyl groups excluding tert-OH is 1. The van der Waals surface area contributed by atoms with Gasteiger partial charge in [-0.3, -0.25) is 19.6 Å². The molecule has 1 amide bonds. The molecule has 0 spiro atoms. The molecule has 5 heterocycles. The van der Waals surface area contributed by atoms with Gasteiger partial charge < -0.3 is 29.7 Å². The maximum Gasteiger partial charge on any atom is 0.419 e. The summed E-state index contributed by atoms with van der Waals surface area (Å²) in [6.07, 6.45) is 2.77. The number of aliphatic hydroxyl groups is 1. The zero-order valence-corrected chi connectivity index (χ0v) is 30.5. The number of hydrogen-bond acceptors (Lipinski definition) is 9. The van der Waals surface area contributed by atoms with Crippen LogP contribution in [-0.4, -0.2) is 69.6 Å². The number of hydrogen-bond donors (Lipinski definition) is 5. The number of anilines is 1. The number of benzene rings is 4. The van der Waals surface area contributed by atoms with Crippen molar-refractivity contribution in [3.8, 4) is 16.9 Å². The zero-order valence-electron chi connectivity index (χ0n) is 30.5. The lowest BCUT2D eigenvalue weighted by atomic mass is 9.86. The number of aromatic hydroxyl groups is 1. The number of piperidine rings is 3. The van der Waals surface area contributed by atoms with Gasteiger partial charge in [-0.05, 0) is 110 Å². The maximum absolute atomic E-state index is 13.2. The van der Waals surface area contributed by atoms with Crippen molar-refractivity contribution >= 4 is 33.8 Å². The molecular weight excluding hydrogens is 699 g/mol. The van der Waals surface area contributed by atoms with Gasteiger partial charge in [0.15, 0.2) is 5.58 Å². The predicted octanol–water partition coefficient (Wildman–Crippen LogP) is 5.95. The number of aromatic nitrogens is 2. The Bertz CT molecular complexity index is 2430. The number of aryl methyl sites for hydroxylation is 2. The van der Waals surface area contributed by atoms with Crippen LogP contribution in [0.2, 0.25) is 0 Å². The lowest BCUT2D eigenvalue weighted by molar-refractivity contribution is -0.0289. The quantitative estimate of drug-likeness (QED) is 0.0901. The Morgan fingerprint density at radius 1 is 0.945 bits per heavy atom. The minimum Gasteiger partial charge on any atom is -0.506 e. The maximum atomic E-state index is 13.2. The van der Waals surface area contributed by atoms with Crippen molar-refractivity contribution in [3.63, 3.8) is 0 Å². The molecule has 2 aromatic heterocycles. The number of aromatic amines is 1. The van der Waals surface area contributed by atoms with Gasteiger partial charge in [0.1, 0.15) is 11.9 Å². The number of H-pyrrole nitrogens is 1. The van der Waals surface area contributed by atoms with Crippen molar-refractivity contribution in [3.05, 3.63) is 129 Å². The van der Waals surface area contributed by atoms with Crippen LogP contribution < -0.4 is 21.9 Å². The Morgan fingerprint density at radius 2 is 1.75 bits per heavy atom. The molecule has 284 valence electrons. The van der Waals surface area contributed by atoms with Crippen molar-refractivity contribution in [1.29, 1.82) is 0 Å². The van der Waals surface area contributed by atoms with Gasteiger partial charge in [0.2, 0.25) is 5.56 Å². The highest BCUT2D eigenvalue weighted by Gasteiger charge is 2.36. The molecule has 9 rings (SSSR count). The summed E-state index contributed by atoms with van der Waals surface area (Å²) in [5, 5.41) is 27.9. The van der Waals surface area contributed by atoms with Gasteiger partial charge in [-0.2, -0.15) is 0 Å². The van der Waals surface area contributed by atoms with E-state index in [1.807, 2.05) is 60.7 Å². The third-order valence-electron chi connectivity index (χ3n) is 11.0. The first-order valence-electron chi connectivity index (χ1n) is 19.0. The van der Waals surface area contributed by atoms with Crippen LogP contribution in [0.4, 0.5) is 10.5 Å². The Labute approximate surface area is 317 Å². The minimum absolute atomic E-state index is 0.0532. The van der Waals surface area contributed by atoms with Gasteiger partial charge >= 0.3 is 11.8 Å². The second-order valence-electron chi connectivity index (χ2n) is 14.6. The first-order valence-corrected chi connectivity index (χ1v) is 19.0. The normalized spacial score (nSPS) is 18.5. The van der Waals surface area contributed by atoms with E-state index in [1.54, 1.807) is 16.7 Å². The fourth-order valence-corrected chi connectivity index (χ4v) is 8.09. The van der Waals surface area contributed by atoms with Crippen LogP contribution in [0.3, 0.4) is 0 Å².